The molecule has 1 amide bonds. The average molecular weight is 515 g/mol. The highest BCUT2D eigenvalue weighted by Gasteiger charge is 2.48. The highest BCUT2D eigenvalue weighted by Crippen LogP contribution is 2.46. The molecule has 2 aromatic rings. The van der Waals surface area contributed by atoms with Crippen molar-refractivity contribution >= 4 is 45.1 Å². The molecular weight excluding hydrogens is 495 g/mol. The molecule has 0 radical (unpaired) electrons. The van der Waals surface area contributed by atoms with Crippen molar-refractivity contribution in [3.63, 3.8) is 0 Å². The predicted molar refractivity (Wildman–Crippen MR) is 122 cm³/mol. The Kier molecular flexibility index (Phi) is 7.39. The summed E-state index contributed by atoms with van der Waals surface area (Å²) in [6, 6.07) is 8.16. The van der Waals surface area contributed by atoms with Gasteiger partial charge in [0.05, 0.1) is 24.9 Å². The number of amides is 1. The van der Waals surface area contributed by atoms with Gasteiger partial charge in [0, 0.05) is 15.6 Å². The number of nitroso groups, excluding NO2 is 1. The minimum Gasteiger partial charge on any atom is -0.481 e. The minimum absolute atomic E-state index is 0.0986. The van der Waals surface area contributed by atoms with E-state index in [-0.39, 0.29) is 21.7 Å². The number of nitrogens with two attached hydrogens (primary N) is 1. The van der Waals surface area contributed by atoms with Crippen LogP contribution < -0.4 is 5.84 Å². The van der Waals surface area contributed by atoms with Gasteiger partial charge in [0.25, 0.3) is 5.91 Å². The Hall–Kier alpha value is -2.57. The fourth-order valence-electron chi connectivity index (χ4n) is 3.95. The summed E-state index contributed by atoms with van der Waals surface area (Å²) in [6.07, 6.45) is 0.860. The monoisotopic (exact) mass is 514 g/mol. The molecule has 2 aromatic carbocycles. The third kappa shape index (κ3) is 5.02. The van der Waals surface area contributed by atoms with Crippen molar-refractivity contribution < 1.29 is 23.1 Å². The van der Waals surface area contributed by atoms with Crippen molar-refractivity contribution in [2.24, 2.45) is 11.0 Å². The summed E-state index contributed by atoms with van der Waals surface area (Å²) < 4.78 is 24.3. The van der Waals surface area contributed by atoms with Crippen LogP contribution in [0.25, 0.3) is 0 Å². The van der Waals surface area contributed by atoms with Crippen LogP contribution >= 0.6 is 23.2 Å². The topological polar surface area (TPSA) is 150 Å². The summed E-state index contributed by atoms with van der Waals surface area (Å²) in [5.41, 5.74) is 0.619. The quantitative estimate of drug-likeness (QED) is 0.312. The number of carboxylic acids is 1. The summed E-state index contributed by atoms with van der Waals surface area (Å²) in [5, 5.41) is 13.4. The summed E-state index contributed by atoms with van der Waals surface area (Å²) in [4.78, 5) is 38.5. The number of hydrazine groups is 1. The van der Waals surface area contributed by atoms with Crippen molar-refractivity contribution in [3.8, 4) is 0 Å². The van der Waals surface area contributed by atoms with Gasteiger partial charge in [-0.2, -0.15) is 4.91 Å². The first kappa shape index (κ1) is 25.1. The molecule has 10 nitrogen and oxygen atoms in total. The van der Waals surface area contributed by atoms with E-state index >= 15 is 0 Å². The molecule has 13 heteroatoms. The molecule has 0 aromatic heterocycles. The van der Waals surface area contributed by atoms with Crippen LogP contribution in [0.1, 0.15) is 33.4 Å². The lowest BCUT2D eigenvalue weighted by Gasteiger charge is -2.45. The van der Waals surface area contributed by atoms with Crippen LogP contribution in [0.3, 0.4) is 0 Å². The van der Waals surface area contributed by atoms with Crippen molar-refractivity contribution in [1.82, 2.24) is 9.31 Å². The zero-order valence-corrected chi connectivity index (χ0v) is 19.6. The molecule has 3 N–H and O–H groups in total. The molecule has 1 heterocycles. The van der Waals surface area contributed by atoms with Gasteiger partial charge in [0.1, 0.15) is 12.5 Å². The number of carbonyl (C=O) groups excluding carboxylic acids is 1. The number of aliphatic carboxylic acids is 1. The van der Waals surface area contributed by atoms with Crippen molar-refractivity contribution in [2.45, 2.75) is 18.0 Å². The zero-order valence-electron chi connectivity index (χ0n) is 17.3. The van der Waals surface area contributed by atoms with Gasteiger partial charge in [-0.1, -0.05) is 52.6 Å². The fourth-order valence-corrected chi connectivity index (χ4v) is 4.92. The molecule has 1 aliphatic rings. The van der Waals surface area contributed by atoms with Gasteiger partial charge in [-0.15, -0.1) is 4.41 Å². The van der Waals surface area contributed by atoms with E-state index in [1.165, 1.54) is 30.3 Å². The Morgan fingerprint density at radius 2 is 1.91 bits per heavy atom. The normalized spacial score (nSPS) is 19.3. The van der Waals surface area contributed by atoms with E-state index in [0.29, 0.717) is 9.44 Å². The van der Waals surface area contributed by atoms with E-state index in [0.717, 1.165) is 11.2 Å². The maximum Gasteiger partial charge on any atom is 0.313 e. The van der Waals surface area contributed by atoms with E-state index in [1.807, 2.05) is 0 Å². The number of hydrogen-bond acceptors (Lipinski definition) is 7. The summed E-state index contributed by atoms with van der Waals surface area (Å²) in [7, 11) is -3.89. The van der Waals surface area contributed by atoms with E-state index in [1.54, 1.807) is 12.1 Å². The molecule has 0 spiro atoms. The highest BCUT2D eigenvalue weighted by atomic mass is 35.5. The number of nitrogens with zero attached hydrogens (tertiary/aromatic N) is 3. The second-order valence-corrected chi connectivity index (χ2v) is 10.3. The molecule has 0 saturated carbocycles. The van der Waals surface area contributed by atoms with Gasteiger partial charge < -0.3 is 10.0 Å². The van der Waals surface area contributed by atoms with E-state index < -0.39 is 53.0 Å². The highest BCUT2D eigenvalue weighted by molar-refractivity contribution is 7.88. The number of hydrogen-bond donors (Lipinski definition) is 2. The lowest BCUT2D eigenvalue weighted by atomic mass is 9.79. The minimum atomic E-state index is -3.89. The lowest BCUT2D eigenvalue weighted by molar-refractivity contribution is -0.141. The number of carbonyl (C=O) groups is 2. The number of sulfonamides is 1. The first-order valence-electron chi connectivity index (χ1n) is 9.58. The van der Waals surface area contributed by atoms with Crippen molar-refractivity contribution in [2.75, 3.05) is 19.3 Å². The molecule has 1 aliphatic heterocycles. The van der Waals surface area contributed by atoms with E-state index in [9.17, 15) is 28.0 Å². The maximum absolute atomic E-state index is 13.6. The Morgan fingerprint density at radius 3 is 2.48 bits per heavy atom. The average Bonchev–Trinajstić information content (AvgIpc) is 2.72. The molecule has 0 aliphatic carbocycles. The fraction of sp³-hybridized carbons (Fsp3) is 0.300. The smallest absolute Gasteiger partial charge is 0.313 e. The molecule has 33 heavy (non-hydrogen) atoms. The van der Waals surface area contributed by atoms with Gasteiger partial charge in [-0.3, -0.25) is 15.4 Å². The van der Waals surface area contributed by atoms with Crippen LogP contribution in [0.5, 0.6) is 0 Å². The Balaban J connectivity index is 2.27. The first-order valence-corrected chi connectivity index (χ1v) is 12.2. The van der Waals surface area contributed by atoms with Gasteiger partial charge in [-0.05, 0) is 29.3 Å². The summed E-state index contributed by atoms with van der Waals surface area (Å²) >= 11 is 12.4. The molecule has 0 bridgehead atoms. The predicted octanol–water partition coefficient (Wildman–Crippen LogP) is 2.63. The maximum atomic E-state index is 13.6. The van der Waals surface area contributed by atoms with Crippen LogP contribution in [0.15, 0.2) is 47.6 Å². The summed E-state index contributed by atoms with van der Waals surface area (Å²) in [5.74, 6) is 2.51. The van der Waals surface area contributed by atoms with Crippen LogP contribution in [-0.2, 0) is 14.8 Å². The van der Waals surface area contributed by atoms with Crippen LogP contribution in [0.4, 0.5) is 0 Å². The number of rotatable bonds is 8. The largest absolute Gasteiger partial charge is 0.481 e. The molecule has 2 unspecified atom stereocenters. The second-order valence-electron chi connectivity index (χ2n) is 7.52. The molecule has 3 rings (SSSR count). The number of benzene rings is 2. The SMILES string of the molecule is CS(=O)(=O)N(N)C[C@@H](CN=O)N1C(=O)c2ccccc2C(C(=O)O)C1c1ccc(Cl)cc1Cl. The number of halogens is 2. The first-order chi connectivity index (χ1) is 15.5. The lowest BCUT2D eigenvalue weighted by Crippen LogP contribution is -2.56. The molecule has 0 fully saturated rings. The Labute approximate surface area is 199 Å². The second kappa shape index (κ2) is 9.74. The third-order valence-corrected chi connectivity index (χ3v) is 6.98. The van der Waals surface area contributed by atoms with E-state index in [2.05, 4.69) is 5.18 Å². The number of carboxylic acid groups (broad SMARTS) is 1. The molecular formula is C20H20Cl2N4O6S. The summed E-state index contributed by atoms with van der Waals surface area (Å²) in [6.45, 7) is -1.03. The molecule has 3 atom stereocenters. The van der Waals surface area contributed by atoms with Gasteiger partial charge >= 0.3 is 5.97 Å². The van der Waals surface area contributed by atoms with Gasteiger partial charge in [0.2, 0.25) is 10.0 Å². The van der Waals surface area contributed by atoms with Gasteiger partial charge in [-0.25, -0.2) is 8.42 Å². The van der Waals surface area contributed by atoms with Crippen molar-refractivity contribution in [3.05, 3.63) is 74.1 Å². The van der Waals surface area contributed by atoms with Crippen molar-refractivity contribution in [1.29, 1.82) is 0 Å². The van der Waals surface area contributed by atoms with Crippen LogP contribution in [-0.4, -0.2) is 60.1 Å². The number of fused-ring (bicyclic) bond motifs is 1. The Morgan fingerprint density at radius 1 is 1.24 bits per heavy atom. The van der Waals surface area contributed by atoms with Crippen LogP contribution in [0, 0.1) is 4.91 Å². The van der Waals surface area contributed by atoms with E-state index in [4.69, 9.17) is 29.0 Å². The zero-order chi connectivity index (χ0) is 24.5. The van der Waals surface area contributed by atoms with Gasteiger partial charge in [0.15, 0.2) is 0 Å². The third-order valence-electron chi connectivity index (χ3n) is 5.42. The standard InChI is InChI=1S/C20H20Cl2N4O6S/c1-33(31,32)25(23)10-12(9-24-30)26-18(15-7-6-11(21)8-16(15)22)17(20(28)29)13-4-2-3-5-14(13)19(26)27/h2-8,12,17-18H,9-10,23H2,1H3,(H,28,29)/t12-,17?,18?/m1/s1. The van der Waals surface area contributed by atoms with Crippen LogP contribution in [0.2, 0.25) is 10.0 Å². The Bertz CT molecular complexity index is 1210. The molecule has 0 saturated heterocycles. The molecule has 176 valence electrons.